The number of aliphatic hydroxyl groups is 1. The summed E-state index contributed by atoms with van der Waals surface area (Å²) in [7, 11) is 0. The SMILES string of the molecule is O=C(CC1(O)C(=O)N(CCOc2ccccc2)c2ccccc21)c1ccc(-c2ccccc2)cc1. The Morgan fingerprint density at radius 3 is 2.09 bits per heavy atom. The number of ether oxygens (including phenoxy) is 1. The van der Waals surface area contributed by atoms with Gasteiger partial charge in [-0.2, -0.15) is 0 Å². The maximum absolute atomic E-state index is 13.4. The number of Topliss-reactive ketones (excluding diaryl/α,β-unsaturated/α-hetero) is 1. The Bertz CT molecular complexity index is 1340. The van der Waals surface area contributed by atoms with Crippen molar-refractivity contribution in [3.05, 3.63) is 120 Å². The molecule has 5 heteroatoms. The van der Waals surface area contributed by atoms with E-state index in [0.29, 0.717) is 22.6 Å². The van der Waals surface area contributed by atoms with Crippen molar-refractivity contribution in [2.45, 2.75) is 12.0 Å². The lowest BCUT2D eigenvalue weighted by molar-refractivity contribution is -0.135. The Morgan fingerprint density at radius 2 is 1.37 bits per heavy atom. The first-order valence-corrected chi connectivity index (χ1v) is 11.6. The average molecular weight is 464 g/mol. The fourth-order valence-electron chi connectivity index (χ4n) is 4.48. The summed E-state index contributed by atoms with van der Waals surface area (Å²) in [5, 5.41) is 11.5. The van der Waals surface area contributed by atoms with Gasteiger partial charge in [-0.1, -0.05) is 91.0 Å². The molecule has 0 saturated heterocycles. The number of hydrogen-bond acceptors (Lipinski definition) is 4. The van der Waals surface area contributed by atoms with Gasteiger partial charge in [0.2, 0.25) is 0 Å². The lowest BCUT2D eigenvalue weighted by atomic mass is 9.88. The summed E-state index contributed by atoms with van der Waals surface area (Å²) in [6, 6.07) is 33.5. The maximum atomic E-state index is 13.4. The number of carbonyl (C=O) groups excluding carboxylic acids is 2. The molecule has 1 N–H and O–H groups in total. The molecule has 4 aromatic carbocycles. The van der Waals surface area contributed by atoms with Crippen LogP contribution >= 0.6 is 0 Å². The van der Waals surface area contributed by atoms with Crippen LogP contribution in [0.4, 0.5) is 5.69 Å². The first kappa shape index (κ1) is 22.6. The number of carbonyl (C=O) groups is 2. The normalized spacial score (nSPS) is 16.7. The van der Waals surface area contributed by atoms with Crippen LogP contribution in [0.1, 0.15) is 22.3 Å². The second kappa shape index (κ2) is 9.57. The number of fused-ring (bicyclic) bond motifs is 1. The summed E-state index contributed by atoms with van der Waals surface area (Å²) >= 11 is 0. The highest BCUT2D eigenvalue weighted by Crippen LogP contribution is 2.42. The molecule has 1 unspecified atom stereocenters. The van der Waals surface area contributed by atoms with Crippen molar-refractivity contribution in [2.75, 3.05) is 18.1 Å². The molecule has 1 heterocycles. The quantitative estimate of drug-likeness (QED) is 0.363. The van der Waals surface area contributed by atoms with E-state index in [9.17, 15) is 14.7 Å². The lowest BCUT2D eigenvalue weighted by Crippen LogP contribution is -2.43. The van der Waals surface area contributed by atoms with Crippen molar-refractivity contribution in [3.8, 4) is 16.9 Å². The van der Waals surface area contributed by atoms with Gasteiger partial charge in [-0.3, -0.25) is 9.59 Å². The average Bonchev–Trinajstić information content (AvgIpc) is 3.11. The van der Waals surface area contributed by atoms with Crippen LogP contribution < -0.4 is 9.64 Å². The van der Waals surface area contributed by atoms with Gasteiger partial charge in [-0.25, -0.2) is 0 Å². The van der Waals surface area contributed by atoms with Gasteiger partial charge in [-0.15, -0.1) is 0 Å². The van der Waals surface area contributed by atoms with Gasteiger partial charge in [-0.05, 0) is 29.3 Å². The molecule has 35 heavy (non-hydrogen) atoms. The Balaban J connectivity index is 1.33. The van der Waals surface area contributed by atoms with E-state index in [1.54, 1.807) is 30.3 Å². The van der Waals surface area contributed by atoms with Gasteiger partial charge in [0.15, 0.2) is 11.4 Å². The first-order chi connectivity index (χ1) is 17.1. The molecule has 4 aromatic rings. The van der Waals surface area contributed by atoms with Crippen LogP contribution in [0.2, 0.25) is 0 Å². The van der Waals surface area contributed by atoms with Gasteiger partial charge in [0.25, 0.3) is 5.91 Å². The third-order valence-electron chi connectivity index (χ3n) is 6.30. The molecule has 0 aliphatic carbocycles. The Kier molecular flexibility index (Phi) is 6.17. The smallest absolute Gasteiger partial charge is 0.264 e. The number of hydrogen-bond donors (Lipinski definition) is 1. The number of ketones is 1. The van der Waals surface area contributed by atoms with Gasteiger partial charge in [0, 0.05) is 11.1 Å². The fourth-order valence-corrected chi connectivity index (χ4v) is 4.48. The number of rotatable bonds is 8. The number of benzene rings is 4. The van der Waals surface area contributed by atoms with Gasteiger partial charge < -0.3 is 14.7 Å². The minimum absolute atomic E-state index is 0.257. The molecule has 0 spiro atoms. The van der Waals surface area contributed by atoms with E-state index < -0.39 is 11.5 Å². The molecule has 1 atom stereocenters. The van der Waals surface area contributed by atoms with Crippen molar-refractivity contribution in [1.82, 2.24) is 0 Å². The monoisotopic (exact) mass is 463 g/mol. The zero-order chi connectivity index (χ0) is 24.3. The van der Waals surface area contributed by atoms with E-state index in [0.717, 1.165) is 11.1 Å². The molecule has 0 radical (unpaired) electrons. The topological polar surface area (TPSA) is 66.8 Å². The summed E-state index contributed by atoms with van der Waals surface area (Å²) in [6.07, 6.45) is -0.330. The summed E-state index contributed by atoms with van der Waals surface area (Å²) < 4.78 is 5.76. The second-order valence-corrected chi connectivity index (χ2v) is 8.54. The van der Waals surface area contributed by atoms with Crippen molar-refractivity contribution in [3.63, 3.8) is 0 Å². The van der Waals surface area contributed by atoms with E-state index in [-0.39, 0.29) is 25.4 Å². The lowest BCUT2D eigenvalue weighted by Gasteiger charge is -2.23. The van der Waals surface area contributed by atoms with Crippen LogP contribution in [0.5, 0.6) is 5.75 Å². The molecule has 1 aliphatic heterocycles. The van der Waals surface area contributed by atoms with Crippen molar-refractivity contribution < 1.29 is 19.4 Å². The molecule has 1 amide bonds. The van der Waals surface area contributed by atoms with E-state index in [4.69, 9.17) is 4.74 Å². The maximum Gasteiger partial charge on any atom is 0.264 e. The highest BCUT2D eigenvalue weighted by molar-refractivity contribution is 6.10. The predicted octanol–water partition coefficient (Wildman–Crippen LogP) is 5.24. The number of nitrogens with zero attached hydrogens (tertiary/aromatic N) is 1. The highest BCUT2D eigenvalue weighted by atomic mass is 16.5. The van der Waals surface area contributed by atoms with Crippen LogP contribution in [0.3, 0.4) is 0 Å². The Labute approximate surface area is 204 Å². The summed E-state index contributed by atoms with van der Waals surface area (Å²) in [4.78, 5) is 28.1. The second-order valence-electron chi connectivity index (χ2n) is 8.54. The van der Waals surface area contributed by atoms with Crippen molar-refractivity contribution in [1.29, 1.82) is 0 Å². The fraction of sp³-hybridized carbons (Fsp3) is 0.133. The van der Waals surface area contributed by atoms with E-state index in [1.807, 2.05) is 78.9 Å². The molecule has 0 aromatic heterocycles. The van der Waals surface area contributed by atoms with Crippen LogP contribution in [0.15, 0.2) is 109 Å². The van der Waals surface area contributed by atoms with E-state index in [2.05, 4.69) is 0 Å². The van der Waals surface area contributed by atoms with Gasteiger partial charge >= 0.3 is 0 Å². The summed E-state index contributed by atoms with van der Waals surface area (Å²) in [5.74, 6) is -0.0981. The van der Waals surface area contributed by atoms with Crippen molar-refractivity contribution in [2.24, 2.45) is 0 Å². The number of anilines is 1. The number of amides is 1. The first-order valence-electron chi connectivity index (χ1n) is 11.6. The van der Waals surface area contributed by atoms with Gasteiger partial charge in [0.05, 0.1) is 18.7 Å². The minimum Gasteiger partial charge on any atom is -0.492 e. The van der Waals surface area contributed by atoms with Crippen LogP contribution in [-0.4, -0.2) is 29.9 Å². The van der Waals surface area contributed by atoms with E-state index in [1.165, 1.54) is 4.90 Å². The standard InChI is InChI=1S/C30H25NO4/c32-28(24-17-15-23(16-18-24)22-9-3-1-4-10-22)21-30(34)26-13-7-8-14-27(26)31(29(30)33)19-20-35-25-11-5-2-6-12-25/h1-18,34H,19-21H2. The van der Waals surface area contributed by atoms with Crippen LogP contribution in [0, 0.1) is 0 Å². The molecule has 5 rings (SSSR count). The number of para-hydroxylation sites is 2. The van der Waals surface area contributed by atoms with Crippen LogP contribution in [-0.2, 0) is 10.4 Å². The predicted molar refractivity (Wildman–Crippen MR) is 135 cm³/mol. The van der Waals surface area contributed by atoms with E-state index >= 15 is 0 Å². The molecule has 0 saturated carbocycles. The van der Waals surface area contributed by atoms with Gasteiger partial charge in [0.1, 0.15) is 12.4 Å². The third-order valence-corrected chi connectivity index (χ3v) is 6.30. The summed E-state index contributed by atoms with van der Waals surface area (Å²) in [6.45, 7) is 0.516. The van der Waals surface area contributed by atoms with Crippen LogP contribution in [0.25, 0.3) is 11.1 Å². The molecular formula is C30H25NO4. The molecular weight excluding hydrogens is 438 g/mol. The zero-order valence-corrected chi connectivity index (χ0v) is 19.1. The Morgan fingerprint density at radius 1 is 0.771 bits per heavy atom. The largest absolute Gasteiger partial charge is 0.492 e. The minimum atomic E-state index is -1.92. The molecule has 174 valence electrons. The summed E-state index contributed by atoms with van der Waals surface area (Å²) in [5.41, 5.74) is 1.63. The molecule has 1 aliphatic rings. The highest BCUT2D eigenvalue weighted by Gasteiger charge is 2.50. The third kappa shape index (κ3) is 4.46. The molecule has 0 fully saturated rings. The molecule has 0 bridgehead atoms. The Hall–Kier alpha value is -4.22. The molecule has 5 nitrogen and oxygen atoms in total. The zero-order valence-electron chi connectivity index (χ0n) is 19.1. The van der Waals surface area contributed by atoms with Crippen molar-refractivity contribution >= 4 is 17.4 Å².